The van der Waals surface area contributed by atoms with E-state index in [0.717, 1.165) is 11.8 Å². The van der Waals surface area contributed by atoms with E-state index in [4.69, 9.17) is 0 Å². The zero-order valence-electron chi connectivity index (χ0n) is 11.3. The van der Waals surface area contributed by atoms with Gasteiger partial charge in [0.15, 0.2) is 5.78 Å². The van der Waals surface area contributed by atoms with E-state index in [-0.39, 0.29) is 16.8 Å². The summed E-state index contributed by atoms with van der Waals surface area (Å²) in [6.07, 6.45) is 2.48. The van der Waals surface area contributed by atoms with Crippen LogP contribution in [0.4, 0.5) is 4.39 Å². The van der Waals surface area contributed by atoms with Crippen LogP contribution in [-0.2, 0) is 5.41 Å². The third kappa shape index (κ3) is 2.87. The minimum Gasteiger partial charge on any atom is -0.289 e. The molecule has 1 aromatic carbocycles. The summed E-state index contributed by atoms with van der Waals surface area (Å²) in [6, 6.07) is 8.64. The molecule has 2 nitrogen and oxygen atoms in total. The second-order valence-corrected chi connectivity index (χ2v) is 5.52. The number of hydrogen-bond acceptors (Lipinski definition) is 2. The number of benzene rings is 1. The molecule has 0 amide bonds. The van der Waals surface area contributed by atoms with Crippen LogP contribution in [0.2, 0.25) is 0 Å². The third-order valence-corrected chi connectivity index (χ3v) is 2.95. The highest BCUT2D eigenvalue weighted by Gasteiger charge is 2.22. The van der Waals surface area contributed by atoms with Crippen molar-refractivity contribution in [2.45, 2.75) is 26.2 Å². The Hall–Kier alpha value is -2.03. The van der Waals surface area contributed by atoms with Crippen molar-refractivity contribution in [3.05, 3.63) is 65.2 Å². The van der Waals surface area contributed by atoms with Gasteiger partial charge in [0.25, 0.3) is 0 Å². The molecular formula is C16H16FNO. The van der Waals surface area contributed by atoms with Gasteiger partial charge in [-0.05, 0) is 17.0 Å². The molecule has 0 aliphatic carbocycles. The first-order valence-electron chi connectivity index (χ1n) is 6.14. The van der Waals surface area contributed by atoms with E-state index in [2.05, 4.69) is 4.98 Å². The standard InChI is InChI=1S/C16H16FNO/c1-16(2,3)14-7-5-4-6-13(14)15(19)11-8-12(17)10-18-9-11/h4-10H,1-3H3. The van der Waals surface area contributed by atoms with Crippen LogP contribution in [0.15, 0.2) is 42.7 Å². The summed E-state index contributed by atoms with van der Waals surface area (Å²) in [7, 11) is 0. The van der Waals surface area contributed by atoms with Crippen molar-refractivity contribution in [3.63, 3.8) is 0 Å². The summed E-state index contributed by atoms with van der Waals surface area (Å²) in [5.41, 5.74) is 1.68. The predicted octanol–water partition coefficient (Wildman–Crippen LogP) is 3.75. The zero-order chi connectivity index (χ0) is 14.0. The lowest BCUT2D eigenvalue weighted by Gasteiger charge is -2.22. The molecule has 19 heavy (non-hydrogen) atoms. The van der Waals surface area contributed by atoms with Crippen LogP contribution in [0.1, 0.15) is 42.3 Å². The van der Waals surface area contributed by atoms with Crippen LogP contribution < -0.4 is 0 Å². The van der Waals surface area contributed by atoms with Gasteiger partial charge in [-0.2, -0.15) is 0 Å². The summed E-state index contributed by atoms with van der Waals surface area (Å²) in [5, 5.41) is 0. The molecule has 0 atom stereocenters. The van der Waals surface area contributed by atoms with Gasteiger partial charge in [0.2, 0.25) is 0 Å². The number of hydrogen-bond donors (Lipinski definition) is 0. The Morgan fingerprint density at radius 1 is 1.16 bits per heavy atom. The SMILES string of the molecule is CC(C)(C)c1ccccc1C(=O)c1cncc(F)c1. The normalized spacial score (nSPS) is 11.4. The van der Waals surface area contributed by atoms with Gasteiger partial charge >= 0.3 is 0 Å². The number of carbonyl (C=O) groups excluding carboxylic acids is 1. The number of pyridine rings is 1. The lowest BCUT2D eigenvalue weighted by atomic mass is 9.82. The second-order valence-electron chi connectivity index (χ2n) is 5.52. The Morgan fingerprint density at radius 3 is 2.47 bits per heavy atom. The number of nitrogens with zero attached hydrogens (tertiary/aromatic N) is 1. The van der Waals surface area contributed by atoms with Gasteiger partial charge in [0.1, 0.15) is 5.82 Å². The van der Waals surface area contributed by atoms with E-state index < -0.39 is 5.82 Å². The number of carbonyl (C=O) groups is 1. The molecule has 0 bridgehead atoms. The maximum atomic E-state index is 13.2. The van der Waals surface area contributed by atoms with Crippen LogP contribution >= 0.6 is 0 Å². The zero-order valence-corrected chi connectivity index (χ0v) is 11.3. The minimum absolute atomic E-state index is 0.146. The first kappa shape index (κ1) is 13.4. The fraction of sp³-hybridized carbons (Fsp3) is 0.250. The molecule has 0 aliphatic rings. The molecule has 0 saturated carbocycles. The van der Waals surface area contributed by atoms with Crippen LogP contribution in [-0.4, -0.2) is 10.8 Å². The van der Waals surface area contributed by atoms with Crippen molar-refractivity contribution < 1.29 is 9.18 Å². The average molecular weight is 257 g/mol. The molecule has 0 unspecified atom stereocenters. The molecule has 0 aliphatic heterocycles. The first-order valence-corrected chi connectivity index (χ1v) is 6.14. The van der Waals surface area contributed by atoms with E-state index in [1.165, 1.54) is 12.3 Å². The molecule has 0 saturated heterocycles. The van der Waals surface area contributed by atoms with Gasteiger partial charge < -0.3 is 0 Å². The summed E-state index contributed by atoms with van der Waals surface area (Å²) in [4.78, 5) is 16.2. The number of ketones is 1. The van der Waals surface area contributed by atoms with Gasteiger partial charge in [0, 0.05) is 17.3 Å². The maximum absolute atomic E-state index is 13.2. The Morgan fingerprint density at radius 2 is 1.84 bits per heavy atom. The Kier molecular flexibility index (Phi) is 3.47. The smallest absolute Gasteiger partial charge is 0.194 e. The fourth-order valence-electron chi connectivity index (χ4n) is 2.03. The van der Waals surface area contributed by atoms with Crippen molar-refractivity contribution in [2.75, 3.05) is 0 Å². The minimum atomic E-state index is -0.501. The van der Waals surface area contributed by atoms with E-state index in [1.54, 1.807) is 6.07 Å². The lowest BCUT2D eigenvalue weighted by Crippen LogP contribution is -2.17. The van der Waals surface area contributed by atoms with E-state index in [9.17, 15) is 9.18 Å². The van der Waals surface area contributed by atoms with Crippen molar-refractivity contribution in [3.8, 4) is 0 Å². The Balaban J connectivity index is 2.51. The van der Waals surface area contributed by atoms with Gasteiger partial charge in [-0.1, -0.05) is 45.0 Å². The van der Waals surface area contributed by atoms with E-state index in [1.807, 2.05) is 39.0 Å². The van der Waals surface area contributed by atoms with Gasteiger partial charge in [-0.3, -0.25) is 9.78 Å². The topological polar surface area (TPSA) is 30.0 Å². The summed E-state index contributed by atoms with van der Waals surface area (Å²) < 4.78 is 13.2. The van der Waals surface area contributed by atoms with Crippen LogP contribution in [0.5, 0.6) is 0 Å². The van der Waals surface area contributed by atoms with E-state index in [0.29, 0.717) is 5.56 Å². The Bertz CT molecular complexity index is 614. The first-order chi connectivity index (χ1) is 8.89. The monoisotopic (exact) mass is 257 g/mol. The number of rotatable bonds is 2. The van der Waals surface area contributed by atoms with Gasteiger partial charge in [-0.15, -0.1) is 0 Å². The molecule has 0 spiro atoms. The largest absolute Gasteiger partial charge is 0.289 e. The molecule has 2 rings (SSSR count). The van der Waals surface area contributed by atoms with Crippen molar-refractivity contribution in [1.82, 2.24) is 4.98 Å². The third-order valence-electron chi connectivity index (χ3n) is 2.95. The number of halogens is 1. The van der Waals surface area contributed by atoms with E-state index >= 15 is 0 Å². The van der Waals surface area contributed by atoms with Crippen molar-refractivity contribution >= 4 is 5.78 Å². The van der Waals surface area contributed by atoms with Crippen molar-refractivity contribution in [2.24, 2.45) is 0 Å². The molecule has 1 aromatic heterocycles. The molecule has 2 aromatic rings. The van der Waals surface area contributed by atoms with Gasteiger partial charge in [-0.25, -0.2) is 4.39 Å². The van der Waals surface area contributed by atoms with Crippen molar-refractivity contribution in [1.29, 1.82) is 0 Å². The van der Waals surface area contributed by atoms with Crippen LogP contribution in [0.25, 0.3) is 0 Å². The molecule has 0 fully saturated rings. The lowest BCUT2D eigenvalue weighted by molar-refractivity contribution is 0.103. The summed E-state index contributed by atoms with van der Waals surface area (Å²) in [6.45, 7) is 6.13. The Labute approximate surface area is 112 Å². The fourth-order valence-corrected chi connectivity index (χ4v) is 2.03. The van der Waals surface area contributed by atoms with Crippen LogP contribution in [0, 0.1) is 5.82 Å². The molecule has 1 heterocycles. The maximum Gasteiger partial charge on any atom is 0.194 e. The highest BCUT2D eigenvalue weighted by atomic mass is 19.1. The summed E-state index contributed by atoms with van der Waals surface area (Å²) in [5.74, 6) is -0.698. The molecule has 3 heteroatoms. The van der Waals surface area contributed by atoms with Crippen LogP contribution in [0.3, 0.4) is 0 Å². The molecule has 98 valence electrons. The highest BCUT2D eigenvalue weighted by Crippen LogP contribution is 2.27. The number of aromatic nitrogens is 1. The average Bonchev–Trinajstić information content (AvgIpc) is 2.37. The molecular weight excluding hydrogens is 241 g/mol. The summed E-state index contributed by atoms with van der Waals surface area (Å²) >= 11 is 0. The van der Waals surface area contributed by atoms with Gasteiger partial charge in [0.05, 0.1) is 6.20 Å². The second kappa shape index (κ2) is 4.92. The predicted molar refractivity (Wildman–Crippen MR) is 72.8 cm³/mol. The molecule has 0 N–H and O–H groups in total. The highest BCUT2D eigenvalue weighted by molar-refractivity contribution is 6.09. The molecule has 0 radical (unpaired) electrons. The quantitative estimate of drug-likeness (QED) is 0.767.